The number of hydrogen-bond donors (Lipinski definition) is 3. The highest BCUT2D eigenvalue weighted by Crippen LogP contribution is 2.35. The van der Waals surface area contributed by atoms with E-state index in [0.717, 1.165) is 0 Å². The maximum atomic E-state index is 13.6. The molecule has 10 heteroatoms. The average molecular weight is 453 g/mol. The van der Waals surface area contributed by atoms with Crippen molar-refractivity contribution in [1.29, 1.82) is 5.41 Å². The van der Waals surface area contributed by atoms with Crippen molar-refractivity contribution in [3.8, 4) is 0 Å². The zero-order valence-corrected chi connectivity index (χ0v) is 18.5. The first-order valence-corrected chi connectivity index (χ1v) is 11.8. The number of amides is 1. The third-order valence-corrected chi connectivity index (χ3v) is 7.31. The Kier molecular flexibility index (Phi) is 7.45. The second-order valence-electron chi connectivity index (χ2n) is 8.25. The summed E-state index contributed by atoms with van der Waals surface area (Å²) in [7, 11) is -3.72. The Balaban J connectivity index is 1.49. The molecule has 0 aromatic heterocycles. The molecular weight excluding hydrogens is 423 g/mol. The molecule has 1 aliphatic heterocycles. The molecular formula is C21H29FN4O4S. The average Bonchev–Trinajstić information content (AvgIpc) is 3.04. The number of nitrogens with one attached hydrogen (secondary N) is 3. The van der Waals surface area contributed by atoms with E-state index in [1.165, 1.54) is 22.6 Å². The minimum Gasteiger partial charge on any atom is -0.359 e. The Morgan fingerprint density at radius 1 is 1.26 bits per heavy atom. The first kappa shape index (κ1) is 23.4. The molecule has 1 unspecified atom stereocenters. The summed E-state index contributed by atoms with van der Waals surface area (Å²) >= 11 is 0. The van der Waals surface area contributed by atoms with Gasteiger partial charge in [-0.3, -0.25) is 14.4 Å². The van der Waals surface area contributed by atoms with E-state index >= 15 is 0 Å². The van der Waals surface area contributed by atoms with Crippen molar-refractivity contribution in [3.05, 3.63) is 42.4 Å². The lowest BCUT2D eigenvalue weighted by Gasteiger charge is -2.35. The summed E-state index contributed by atoms with van der Waals surface area (Å²) in [5.41, 5.74) is 0.275. The molecule has 2 fully saturated rings. The van der Waals surface area contributed by atoms with Gasteiger partial charge in [0.15, 0.2) is 0 Å². The summed E-state index contributed by atoms with van der Waals surface area (Å²) in [5, 5.41) is 13.2. The number of anilines is 1. The summed E-state index contributed by atoms with van der Waals surface area (Å²) in [4.78, 5) is 12.5. The summed E-state index contributed by atoms with van der Waals surface area (Å²) in [6.07, 6.45) is 4.96. The SMILES string of the molecule is CC(C)C1COS(=O)(=O)N1C1CCC(C(=O)NC(=N)/C=C\Nc2ccccc2F)CC1. The molecule has 0 radical (unpaired) electrons. The van der Waals surface area contributed by atoms with E-state index in [0.29, 0.717) is 25.7 Å². The minimum atomic E-state index is -3.72. The van der Waals surface area contributed by atoms with E-state index in [1.54, 1.807) is 18.2 Å². The maximum absolute atomic E-state index is 13.6. The van der Waals surface area contributed by atoms with E-state index in [2.05, 4.69) is 10.6 Å². The van der Waals surface area contributed by atoms with Crippen LogP contribution in [0.2, 0.25) is 0 Å². The number of rotatable bonds is 6. The molecule has 1 atom stereocenters. The fraction of sp³-hybridized carbons (Fsp3) is 0.524. The zero-order valence-electron chi connectivity index (χ0n) is 17.7. The lowest BCUT2D eigenvalue weighted by atomic mass is 9.84. The number of para-hydroxylation sites is 1. The normalized spacial score (nSPS) is 26.3. The van der Waals surface area contributed by atoms with Crippen LogP contribution in [0.15, 0.2) is 36.5 Å². The van der Waals surface area contributed by atoms with Crippen molar-refractivity contribution < 1.29 is 21.8 Å². The van der Waals surface area contributed by atoms with Crippen LogP contribution in [-0.4, -0.2) is 43.2 Å². The van der Waals surface area contributed by atoms with Gasteiger partial charge in [0.2, 0.25) is 5.91 Å². The second-order valence-corrected chi connectivity index (χ2v) is 9.76. The van der Waals surface area contributed by atoms with Crippen LogP contribution >= 0.6 is 0 Å². The van der Waals surface area contributed by atoms with Crippen LogP contribution in [0, 0.1) is 23.1 Å². The van der Waals surface area contributed by atoms with Gasteiger partial charge in [0.1, 0.15) is 11.7 Å². The highest BCUT2D eigenvalue weighted by molar-refractivity contribution is 7.84. The molecule has 1 aliphatic carbocycles. The Bertz CT molecular complexity index is 942. The first-order chi connectivity index (χ1) is 14.7. The number of hydrogen-bond acceptors (Lipinski definition) is 6. The van der Waals surface area contributed by atoms with Gasteiger partial charge in [-0.1, -0.05) is 26.0 Å². The number of benzene rings is 1. The Labute approximate surface area is 182 Å². The molecule has 31 heavy (non-hydrogen) atoms. The standard InChI is InChI=1S/C21H29FN4O4S/c1-14(2)19-13-30-31(28,29)26(19)16-9-7-15(8-10-16)21(27)25-20(23)11-12-24-18-6-4-3-5-17(18)22/h3-6,11-12,14-16,19,24H,7-10,13H2,1-2H3,(H2,23,25,27)/b12-11-. The van der Waals surface area contributed by atoms with Crippen LogP contribution in [0.3, 0.4) is 0 Å². The fourth-order valence-electron chi connectivity index (χ4n) is 4.06. The van der Waals surface area contributed by atoms with Gasteiger partial charge < -0.3 is 10.6 Å². The van der Waals surface area contributed by atoms with Crippen LogP contribution in [-0.2, 0) is 19.3 Å². The van der Waals surface area contributed by atoms with Gasteiger partial charge in [-0.2, -0.15) is 12.7 Å². The molecule has 1 amide bonds. The third kappa shape index (κ3) is 5.69. The zero-order chi connectivity index (χ0) is 22.6. The molecule has 2 aliphatic rings. The van der Waals surface area contributed by atoms with Crippen LogP contribution in [0.1, 0.15) is 39.5 Å². The topological polar surface area (TPSA) is 112 Å². The summed E-state index contributed by atoms with van der Waals surface area (Å²) < 4.78 is 44.7. The number of nitrogens with zero attached hydrogens (tertiary/aromatic N) is 1. The van der Waals surface area contributed by atoms with Gasteiger partial charge >= 0.3 is 10.3 Å². The molecule has 0 bridgehead atoms. The first-order valence-electron chi connectivity index (χ1n) is 10.4. The quantitative estimate of drug-likeness (QED) is 0.454. The number of halogens is 1. The van der Waals surface area contributed by atoms with Crippen molar-refractivity contribution in [2.75, 3.05) is 11.9 Å². The lowest BCUT2D eigenvalue weighted by Crippen LogP contribution is -2.47. The van der Waals surface area contributed by atoms with Gasteiger partial charge in [-0.05, 0) is 49.8 Å². The summed E-state index contributed by atoms with van der Waals surface area (Å²) in [6, 6.07) is 5.80. The Morgan fingerprint density at radius 2 is 1.94 bits per heavy atom. The van der Waals surface area contributed by atoms with Crippen molar-refractivity contribution in [2.24, 2.45) is 11.8 Å². The third-order valence-electron chi connectivity index (χ3n) is 5.79. The van der Waals surface area contributed by atoms with E-state index in [4.69, 9.17) is 9.59 Å². The van der Waals surface area contributed by atoms with Crippen molar-refractivity contribution in [1.82, 2.24) is 9.62 Å². The highest BCUT2D eigenvalue weighted by atomic mass is 32.2. The van der Waals surface area contributed by atoms with Gasteiger partial charge in [-0.25, -0.2) is 4.39 Å². The Hall–Kier alpha value is -2.30. The molecule has 170 valence electrons. The number of carbonyl (C=O) groups is 1. The second kappa shape index (κ2) is 9.88. The van der Waals surface area contributed by atoms with Gasteiger partial charge in [0, 0.05) is 18.2 Å². The minimum absolute atomic E-state index is 0.105. The molecule has 3 rings (SSSR count). The molecule has 1 aromatic rings. The largest absolute Gasteiger partial charge is 0.359 e. The predicted molar refractivity (Wildman–Crippen MR) is 116 cm³/mol. The summed E-state index contributed by atoms with van der Waals surface area (Å²) in [5.74, 6) is -0.923. The van der Waals surface area contributed by atoms with Crippen LogP contribution in [0.25, 0.3) is 0 Å². The molecule has 3 N–H and O–H groups in total. The molecule has 1 heterocycles. The molecule has 1 saturated heterocycles. The van der Waals surface area contributed by atoms with Crippen LogP contribution < -0.4 is 10.6 Å². The van der Waals surface area contributed by atoms with Crippen molar-refractivity contribution in [3.63, 3.8) is 0 Å². The summed E-state index contributed by atoms with van der Waals surface area (Å²) in [6.45, 7) is 4.12. The van der Waals surface area contributed by atoms with Gasteiger partial charge in [0.25, 0.3) is 0 Å². The maximum Gasteiger partial charge on any atom is 0.339 e. The van der Waals surface area contributed by atoms with Gasteiger partial charge in [0.05, 0.1) is 18.3 Å². The number of carbonyl (C=O) groups excluding carboxylic acids is 1. The molecule has 0 spiro atoms. The predicted octanol–water partition coefficient (Wildman–Crippen LogP) is 3.01. The fourth-order valence-corrected chi connectivity index (χ4v) is 5.70. The highest BCUT2D eigenvalue weighted by Gasteiger charge is 2.45. The van der Waals surface area contributed by atoms with Crippen molar-refractivity contribution in [2.45, 2.75) is 51.6 Å². The monoisotopic (exact) mass is 452 g/mol. The van der Waals surface area contributed by atoms with E-state index in [-0.39, 0.29) is 48.0 Å². The van der Waals surface area contributed by atoms with Crippen molar-refractivity contribution >= 4 is 27.7 Å². The van der Waals surface area contributed by atoms with Crippen LogP contribution in [0.4, 0.5) is 10.1 Å². The lowest BCUT2D eigenvalue weighted by molar-refractivity contribution is -0.124. The molecule has 8 nitrogen and oxygen atoms in total. The van der Waals surface area contributed by atoms with E-state index in [1.807, 2.05) is 13.8 Å². The van der Waals surface area contributed by atoms with E-state index in [9.17, 15) is 17.6 Å². The molecule has 1 aromatic carbocycles. The smallest absolute Gasteiger partial charge is 0.339 e. The number of amidine groups is 1. The molecule has 1 saturated carbocycles. The Morgan fingerprint density at radius 3 is 2.58 bits per heavy atom. The van der Waals surface area contributed by atoms with Crippen LogP contribution in [0.5, 0.6) is 0 Å². The van der Waals surface area contributed by atoms with Gasteiger partial charge in [-0.15, -0.1) is 0 Å². The van der Waals surface area contributed by atoms with E-state index < -0.39 is 16.1 Å².